The molecule has 0 saturated heterocycles. The van der Waals surface area contributed by atoms with Crippen molar-refractivity contribution in [3.05, 3.63) is 11.8 Å². The Morgan fingerprint density at radius 3 is 2.67 bits per heavy atom. The van der Waals surface area contributed by atoms with Gasteiger partial charge >= 0.3 is 0 Å². The Labute approximate surface area is 72.0 Å². The number of aliphatic hydroxyl groups excluding tert-OH is 1. The molecule has 1 unspecified atom stereocenters. The van der Waals surface area contributed by atoms with Crippen LogP contribution >= 0.6 is 0 Å². The third kappa shape index (κ3) is 3.96. The van der Waals surface area contributed by atoms with Crippen LogP contribution in [0.5, 0.6) is 0 Å². The van der Waals surface area contributed by atoms with Crippen LogP contribution in [0, 0.1) is 11.3 Å². The predicted octanol–water partition coefficient (Wildman–Crippen LogP) is 0.785. The zero-order valence-electron chi connectivity index (χ0n) is 7.28. The molecule has 1 atom stereocenters. The quantitative estimate of drug-likeness (QED) is 0.377. The summed E-state index contributed by atoms with van der Waals surface area (Å²) in [4.78, 5) is 0. The lowest BCUT2D eigenvalue weighted by Crippen LogP contribution is -2.14. The van der Waals surface area contributed by atoms with E-state index in [1.54, 1.807) is 19.9 Å². The summed E-state index contributed by atoms with van der Waals surface area (Å²) >= 11 is 0. The zero-order chi connectivity index (χ0) is 9.40. The summed E-state index contributed by atoms with van der Waals surface area (Å²) < 4.78 is 9.61. The summed E-state index contributed by atoms with van der Waals surface area (Å²) in [5.74, 6) is 0. The highest BCUT2D eigenvalue weighted by Gasteiger charge is 2.09. The van der Waals surface area contributed by atoms with Crippen LogP contribution in [0.15, 0.2) is 11.8 Å². The smallest absolute Gasteiger partial charge is 0.194 e. The molecule has 0 saturated carbocycles. The van der Waals surface area contributed by atoms with Crippen LogP contribution in [-0.2, 0) is 9.47 Å². The van der Waals surface area contributed by atoms with Gasteiger partial charge in [0.2, 0.25) is 0 Å². The maximum Gasteiger partial charge on any atom is 0.194 e. The Balaban J connectivity index is 4.06. The van der Waals surface area contributed by atoms with Crippen molar-refractivity contribution in [2.75, 3.05) is 13.2 Å². The standard InChI is InChI=1S/C8H13NO3/c1-3-11-6-7(5-9)8(10)12-4-2/h6,8,10H,3-4H2,1-2H3/b7-6-. The molecule has 0 fully saturated rings. The number of nitriles is 1. The molecule has 0 aliphatic carbocycles. The monoisotopic (exact) mass is 171 g/mol. The number of ether oxygens (including phenoxy) is 2. The number of aliphatic hydroxyl groups is 1. The van der Waals surface area contributed by atoms with Crippen molar-refractivity contribution in [1.82, 2.24) is 0 Å². The van der Waals surface area contributed by atoms with Crippen LogP contribution < -0.4 is 0 Å². The molecular weight excluding hydrogens is 158 g/mol. The van der Waals surface area contributed by atoms with E-state index in [4.69, 9.17) is 19.8 Å². The van der Waals surface area contributed by atoms with Gasteiger partial charge in [-0.3, -0.25) is 0 Å². The van der Waals surface area contributed by atoms with E-state index in [9.17, 15) is 0 Å². The summed E-state index contributed by atoms with van der Waals surface area (Å²) in [6.07, 6.45) is 0.0342. The third-order valence-corrected chi connectivity index (χ3v) is 1.10. The van der Waals surface area contributed by atoms with Gasteiger partial charge in [0.15, 0.2) is 6.29 Å². The van der Waals surface area contributed by atoms with Gasteiger partial charge in [-0.2, -0.15) is 5.26 Å². The summed E-state index contributed by atoms with van der Waals surface area (Å²) in [5.41, 5.74) is 0.0821. The summed E-state index contributed by atoms with van der Waals surface area (Å²) in [6, 6.07) is 1.78. The normalized spacial score (nSPS) is 13.7. The summed E-state index contributed by atoms with van der Waals surface area (Å²) in [7, 11) is 0. The molecule has 0 aromatic rings. The Kier molecular flexibility index (Phi) is 6.07. The third-order valence-electron chi connectivity index (χ3n) is 1.10. The molecule has 4 nitrogen and oxygen atoms in total. The van der Waals surface area contributed by atoms with Crippen LogP contribution in [0.4, 0.5) is 0 Å². The first-order valence-corrected chi connectivity index (χ1v) is 3.77. The van der Waals surface area contributed by atoms with Crippen LogP contribution in [0.25, 0.3) is 0 Å². The van der Waals surface area contributed by atoms with Gasteiger partial charge < -0.3 is 14.6 Å². The van der Waals surface area contributed by atoms with Gasteiger partial charge in [0, 0.05) is 6.61 Å². The fourth-order valence-electron chi connectivity index (χ4n) is 0.561. The average Bonchev–Trinajstić information content (AvgIpc) is 2.06. The molecule has 0 amide bonds. The van der Waals surface area contributed by atoms with Gasteiger partial charge in [-0.25, -0.2) is 0 Å². The van der Waals surface area contributed by atoms with E-state index in [1.807, 2.05) is 0 Å². The van der Waals surface area contributed by atoms with Crippen molar-refractivity contribution in [2.24, 2.45) is 0 Å². The second-order valence-corrected chi connectivity index (χ2v) is 1.95. The fraction of sp³-hybridized carbons (Fsp3) is 0.625. The minimum Gasteiger partial charge on any atom is -0.500 e. The molecule has 0 aromatic carbocycles. The van der Waals surface area contributed by atoms with Gasteiger partial charge in [0.1, 0.15) is 17.9 Å². The van der Waals surface area contributed by atoms with Crippen molar-refractivity contribution in [3.63, 3.8) is 0 Å². The van der Waals surface area contributed by atoms with Gasteiger partial charge in [-0.1, -0.05) is 0 Å². The van der Waals surface area contributed by atoms with Crippen LogP contribution in [0.2, 0.25) is 0 Å². The molecule has 0 rings (SSSR count). The molecule has 4 heteroatoms. The van der Waals surface area contributed by atoms with E-state index in [0.717, 1.165) is 0 Å². The Morgan fingerprint density at radius 1 is 1.58 bits per heavy atom. The van der Waals surface area contributed by atoms with Crippen molar-refractivity contribution >= 4 is 0 Å². The highest BCUT2D eigenvalue weighted by atomic mass is 16.6. The largest absolute Gasteiger partial charge is 0.500 e. The second kappa shape index (κ2) is 6.65. The molecule has 0 spiro atoms. The molecule has 0 aromatic heterocycles. The molecule has 1 N–H and O–H groups in total. The highest BCUT2D eigenvalue weighted by Crippen LogP contribution is 2.02. The zero-order valence-corrected chi connectivity index (χ0v) is 7.28. The van der Waals surface area contributed by atoms with Gasteiger partial charge in [0.05, 0.1) is 6.61 Å². The Hall–Kier alpha value is -1.05. The SMILES string of the molecule is CCO/C=C(/C#N)C(O)OCC. The van der Waals surface area contributed by atoms with E-state index >= 15 is 0 Å². The molecule has 0 aliphatic heterocycles. The lowest BCUT2D eigenvalue weighted by molar-refractivity contribution is -0.0656. The first-order chi connectivity index (χ1) is 5.76. The van der Waals surface area contributed by atoms with Crippen LogP contribution in [0.3, 0.4) is 0 Å². The molecular formula is C8H13NO3. The first-order valence-electron chi connectivity index (χ1n) is 3.77. The Morgan fingerprint density at radius 2 is 2.25 bits per heavy atom. The van der Waals surface area contributed by atoms with Gasteiger partial charge in [-0.05, 0) is 13.8 Å². The highest BCUT2D eigenvalue weighted by molar-refractivity contribution is 5.20. The predicted molar refractivity (Wildman–Crippen MR) is 43.0 cm³/mol. The lowest BCUT2D eigenvalue weighted by Gasteiger charge is -2.08. The topological polar surface area (TPSA) is 62.5 Å². The maximum atomic E-state index is 9.14. The van der Waals surface area contributed by atoms with Crippen LogP contribution in [0.1, 0.15) is 13.8 Å². The van der Waals surface area contributed by atoms with E-state index < -0.39 is 6.29 Å². The second-order valence-electron chi connectivity index (χ2n) is 1.95. The van der Waals surface area contributed by atoms with Crippen molar-refractivity contribution < 1.29 is 14.6 Å². The number of nitrogens with zero attached hydrogens (tertiary/aromatic N) is 1. The summed E-state index contributed by atoms with van der Waals surface area (Å²) in [6.45, 7) is 4.34. The fourth-order valence-corrected chi connectivity index (χ4v) is 0.561. The number of rotatable bonds is 5. The van der Waals surface area contributed by atoms with Gasteiger partial charge in [-0.15, -0.1) is 0 Å². The van der Waals surface area contributed by atoms with E-state index in [0.29, 0.717) is 13.2 Å². The van der Waals surface area contributed by atoms with E-state index in [2.05, 4.69) is 0 Å². The molecule has 0 radical (unpaired) electrons. The maximum absolute atomic E-state index is 9.14. The molecule has 0 heterocycles. The minimum absolute atomic E-state index is 0.0821. The average molecular weight is 171 g/mol. The molecule has 68 valence electrons. The van der Waals surface area contributed by atoms with Crippen LogP contribution in [-0.4, -0.2) is 24.6 Å². The molecule has 0 bridgehead atoms. The minimum atomic E-state index is -1.17. The molecule has 12 heavy (non-hydrogen) atoms. The molecule has 0 aliphatic rings. The number of hydrogen-bond acceptors (Lipinski definition) is 4. The van der Waals surface area contributed by atoms with Crippen molar-refractivity contribution in [2.45, 2.75) is 20.1 Å². The van der Waals surface area contributed by atoms with Gasteiger partial charge in [0.25, 0.3) is 0 Å². The van der Waals surface area contributed by atoms with Crippen molar-refractivity contribution in [1.29, 1.82) is 5.26 Å². The number of hydrogen-bond donors (Lipinski definition) is 1. The first kappa shape index (κ1) is 11.0. The lowest BCUT2D eigenvalue weighted by atomic mass is 10.3. The Bertz CT molecular complexity index is 183. The van der Waals surface area contributed by atoms with E-state index in [1.165, 1.54) is 6.26 Å². The van der Waals surface area contributed by atoms with E-state index in [-0.39, 0.29) is 5.57 Å². The summed E-state index contributed by atoms with van der Waals surface area (Å²) in [5, 5.41) is 17.7. The van der Waals surface area contributed by atoms with Crippen molar-refractivity contribution in [3.8, 4) is 6.07 Å².